The van der Waals surface area contributed by atoms with Gasteiger partial charge < -0.3 is 19.1 Å². The number of fused-ring (bicyclic) bond motifs is 5. The van der Waals surface area contributed by atoms with E-state index in [2.05, 4.69) is 9.73 Å². The zero-order valence-corrected chi connectivity index (χ0v) is 21.9. The molecule has 4 atom stereocenters. The van der Waals surface area contributed by atoms with Crippen molar-refractivity contribution in [1.82, 2.24) is 14.7 Å². The molecule has 0 N–H and O–H groups in total. The first kappa shape index (κ1) is 26.4. The van der Waals surface area contributed by atoms with Crippen LogP contribution < -0.4 is 0 Å². The first-order valence-electron chi connectivity index (χ1n) is 12.4. The van der Waals surface area contributed by atoms with Gasteiger partial charge in [0.05, 0.1) is 18.9 Å². The van der Waals surface area contributed by atoms with Gasteiger partial charge in [-0.3, -0.25) is 19.3 Å². The van der Waals surface area contributed by atoms with E-state index >= 15 is 0 Å². The molecule has 0 bridgehead atoms. The van der Waals surface area contributed by atoms with Crippen molar-refractivity contribution in [3.63, 3.8) is 0 Å². The normalized spacial score (nSPS) is 29.6. The van der Waals surface area contributed by atoms with Crippen molar-refractivity contribution in [3.8, 4) is 0 Å². The lowest BCUT2D eigenvalue weighted by Gasteiger charge is -2.49. The van der Waals surface area contributed by atoms with Crippen LogP contribution in [0.25, 0.3) is 0 Å². The largest absolute Gasteiger partial charge is 0.468 e. The van der Waals surface area contributed by atoms with E-state index in [1.54, 1.807) is 6.92 Å². The predicted molar refractivity (Wildman–Crippen MR) is 129 cm³/mol. The minimum atomic E-state index is -1.45. The van der Waals surface area contributed by atoms with Crippen molar-refractivity contribution >= 4 is 35.9 Å². The fourth-order valence-electron chi connectivity index (χ4n) is 5.89. The molecule has 1 aliphatic carbocycles. The quantitative estimate of drug-likeness (QED) is 0.297. The SMILES string of the molecule is CCC1=C(OC(=O)N(CC)CC)N2C(=O)OC(=NCC(=O)OC)[C@]2(C)C2C1=CCC1C(=O)N(C)C(=O)C12. The molecule has 2 saturated heterocycles. The van der Waals surface area contributed by atoms with Gasteiger partial charge in [-0.2, -0.15) is 0 Å². The standard InChI is InChI=1S/C25H32N4O8/c1-7-13-14-10-11-15-17(20(32)27(5)19(15)31)18(14)25(4)22(26-12-16(30)35-6)37-24(34)29(25)21(13)36-23(33)28(8-2)9-3/h10,15,17-18H,7-9,11-12H2,1-6H3/t15?,17?,18?,25-/m0/s1. The third-order valence-electron chi connectivity index (χ3n) is 7.80. The van der Waals surface area contributed by atoms with Crippen LogP contribution in [-0.2, 0) is 28.6 Å². The lowest BCUT2D eigenvalue weighted by molar-refractivity contribution is -0.140. The summed E-state index contributed by atoms with van der Waals surface area (Å²) < 4.78 is 16.1. The Morgan fingerprint density at radius 2 is 1.86 bits per heavy atom. The summed E-state index contributed by atoms with van der Waals surface area (Å²) in [6, 6.07) is 0. The third kappa shape index (κ3) is 3.80. The lowest BCUT2D eigenvalue weighted by atomic mass is 9.61. The summed E-state index contributed by atoms with van der Waals surface area (Å²) in [7, 11) is 2.66. The smallest absolute Gasteiger partial charge is 0.424 e. The second-order valence-electron chi connectivity index (χ2n) is 9.47. The van der Waals surface area contributed by atoms with E-state index in [1.807, 2.05) is 26.8 Å². The number of rotatable bonds is 6. The number of esters is 1. The lowest BCUT2D eigenvalue weighted by Crippen LogP contribution is -2.60. The molecule has 4 amide bonds. The summed E-state index contributed by atoms with van der Waals surface area (Å²) >= 11 is 0. The molecule has 12 nitrogen and oxygen atoms in total. The maximum absolute atomic E-state index is 13.4. The molecule has 0 aromatic carbocycles. The maximum Gasteiger partial charge on any atom is 0.424 e. The number of ether oxygens (including phenoxy) is 3. The fraction of sp³-hybridized carbons (Fsp3) is 0.600. The molecule has 0 radical (unpaired) electrons. The van der Waals surface area contributed by atoms with Crippen molar-refractivity contribution < 1.29 is 38.2 Å². The highest BCUT2D eigenvalue weighted by molar-refractivity contribution is 6.09. The Morgan fingerprint density at radius 3 is 2.46 bits per heavy atom. The number of allylic oxidation sites excluding steroid dienone is 2. The van der Waals surface area contributed by atoms with Gasteiger partial charge in [-0.1, -0.05) is 13.0 Å². The van der Waals surface area contributed by atoms with Crippen molar-refractivity contribution in [3.05, 3.63) is 23.1 Å². The molecule has 0 aromatic rings. The van der Waals surface area contributed by atoms with Crippen molar-refractivity contribution in [2.45, 2.75) is 46.1 Å². The van der Waals surface area contributed by atoms with Crippen LogP contribution in [0.5, 0.6) is 0 Å². The predicted octanol–water partition coefficient (Wildman–Crippen LogP) is 2.06. The van der Waals surface area contributed by atoms with Crippen LogP contribution >= 0.6 is 0 Å². The first-order valence-corrected chi connectivity index (χ1v) is 12.4. The highest BCUT2D eigenvalue weighted by Gasteiger charge is 2.67. The summed E-state index contributed by atoms with van der Waals surface area (Å²) in [5.74, 6) is -3.53. The molecule has 0 aromatic heterocycles. The Kier molecular flexibility index (Phi) is 6.87. The molecular formula is C25H32N4O8. The monoisotopic (exact) mass is 516 g/mol. The molecule has 12 heteroatoms. The molecule has 4 rings (SSSR count). The molecule has 4 aliphatic rings. The summed E-state index contributed by atoms with van der Waals surface area (Å²) in [6.07, 6.45) is 1.09. The zero-order chi connectivity index (χ0) is 27.2. The van der Waals surface area contributed by atoms with Crippen molar-refractivity contribution in [2.75, 3.05) is 33.8 Å². The molecule has 37 heavy (non-hydrogen) atoms. The van der Waals surface area contributed by atoms with Crippen LogP contribution in [0.1, 0.15) is 40.5 Å². The van der Waals surface area contributed by atoms with Gasteiger partial charge in [-0.15, -0.1) is 0 Å². The number of cyclic esters (lactones) is 1. The van der Waals surface area contributed by atoms with Crippen LogP contribution in [0.15, 0.2) is 28.1 Å². The van der Waals surface area contributed by atoms with E-state index in [4.69, 9.17) is 9.47 Å². The van der Waals surface area contributed by atoms with Gasteiger partial charge in [0, 0.05) is 31.6 Å². The Morgan fingerprint density at radius 1 is 1.19 bits per heavy atom. The number of amides is 4. The number of imide groups is 1. The van der Waals surface area contributed by atoms with Gasteiger partial charge in [0.1, 0.15) is 12.1 Å². The summed E-state index contributed by atoms with van der Waals surface area (Å²) in [5.41, 5.74) is -0.174. The minimum Gasteiger partial charge on any atom is -0.468 e. The number of methoxy groups -OCH3 is 1. The average molecular weight is 517 g/mol. The number of carbonyl (C=O) groups is 5. The van der Waals surface area contributed by atoms with Crippen LogP contribution in [0.3, 0.4) is 0 Å². The highest BCUT2D eigenvalue weighted by Crippen LogP contribution is 2.56. The number of hydrogen-bond donors (Lipinski definition) is 0. The minimum absolute atomic E-state index is 0.00115. The molecule has 3 unspecified atom stereocenters. The highest BCUT2D eigenvalue weighted by atomic mass is 16.6. The van der Waals surface area contributed by atoms with Gasteiger partial charge in [0.25, 0.3) is 0 Å². The van der Waals surface area contributed by atoms with E-state index < -0.39 is 48.0 Å². The Balaban J connectivity index is 1.94. The Bertz CT molecular complexity index is 1150. The van der Waals surface area contributed by atoms with Gasteiger partial charge in [-0.05, 0) is 39.2 Å². The number of nitrogens with zero attached hydrogens (tertiary/aromatic N) is 4. The Labute approximate surface area is 214 Å². The van der Waals surface area contributed by atoms with E-state index in [0.29, 0.717) is 37.1 Å². The molecule has 0 saturated carbocycles. The second-order valence-corrected chi connectivity index (χ2v) is 9.47. The average Bonchev–Trinajstić information content (AvgIpc) is 3.27. The number of carbonyl (C=O) groups excluding carboxylic acids is 5. The van der Waals surface area contributed by atoms with Gasteiger partial charge in [-0.25, -0.2) is 19.5 Å². The van der Waals surface area contributed by atoms with Gasteiger partial charge in [0.15, 0.2) is 0 Å². The van der Waals surface area contributed by atoms with Crippen LogP contribution in [-0.4, -0.2) is 89.9 Å². The summed E-state index contributed by atoms with van der Waals surface area (Å²) in [6.45, 7) is 7.51. The van der Waals surface area contributed by atoms with Crippen molar-refractivity contribution in [1.29, 1.82) is 0 Å². The molecule has 2 fully saturated rings. The van der Waals surface area contributed by atoms with E-state index in [1.165, 1.54) is 24.0 Å². The number of likely N-dealkylation sites (tertiary alicyclic amines) is 1. The van der Waals surface area contributed by atoms with Crippen LogP contribution in [0, 0.1) is 17.8 Å². The number of aliphatic imine (C=N–C) groups is 1. The molecular weight excluding hydrogens is 484 g/mol. The Hall–Kier alpha value is -3.70. The zero-order valence-electron chi connectivity index (χ0n) is 21.9. The fourth-order valence-corrected chi connectivity index (χ4v) is 5.89. The topological polar surface area (TPSA) is 135 Å². The van der Waals surface area contributed by atoms with E-state index in [0.717, 1.165) is 4.90 Å². The summed E-state index contributed by atoms with van der Waals surface area (Å²) in [4.78, 5) is 72.6. The third-order valence-corrected chi connectivity index (χ3v) is 7.80. The van der Waals surface area contributed by atoms with Crippen molar-refractivity contribution in [2.24, 2.45) is 22.7 Å². The van der Waals surface area contributed by atoms with Crippen LogP contribution in [0.2, 0.25) is 0 Å². The molecule has 200 valence electrons. The summed E-state index contributed by atoms with van der Waals surface area (Å²) in [5, 5.41) is 0. The first-order chi connectivity index (χ1) is 17.6. The van der Waals surface area contributed by atoms with E-state index in [-0.39, 0.29) is 23.6 Å². The van der Waals surface area contributed by atoms with Gasteiger partial charge in [0.2, 0.25) is 23.6 Å². The second kappa shape index (κ2) is 9.64. The van der Waals surface area contributed by atoms with E-state index in [9.17, 15) is 24.0 Å². The molecule has 3 heterocycles. The van der Waals surface area contributed by atoms with Crippen LogP contribution in [0.4, 0.5) is 9.59 Å². The molecule has 3 aliphatic heterocycles. The molecule has 0 spiro atoms. The number of hydrogen-bond acceptors (Lipinski definition) is 9. The maximum atomic E-state index is 13.4. The van der Waals surface area contributed by atoms with Gasteiger partial charge >= 0.3 is 18.2 Å².